The van der Waals surface area contributed by atoms with E-state index >= 15 is 0 Å². The largest absolute Gasteiger partial charge is 0.384 e. The highest BCUT2D eigenvalue weighted by molar-refractivity contribution is 5.94. The van der Waals surface area contributed by atoms with Gasteiger partial charge in [0.05, 0.1) is 11.2 Å². The van der Waals surface area contributed by atoms with Crippen molar-refractivity contribution in [3.05, 3.63) is 29.6 Å². The molecule has 0 aliphatic rings. The molecule has 0 saturated heterocycles. The number of pyridine rings is 1. The van der Waals surface area contributed by atoms with Gasteiger partial charge in [0.15, 0.2) is 0 Å². The SMILES string of the molecule is CCOC(C)(C)CNC(=O)c1ncccc1C#CCO. The van der Waals surface area contributed by atoms with Crippen LogP contribution in [0.3, 0.4) is 0 Å². The fraction of sp³-hybridized carbons (Fsp3) is 0.467. The molecule has 0 saturated carbocycles. The Morgan fingerprint density at radius 1 is 1.55 bits per heavy atom. The summed E-state index contributed by atoms with van der Waals surface area (Å²) in [7, 11) is 0. The zero-order chi connectivity index (χ0) is 15.0. The Kier molecular flexibility index (Phi) is 6.16. The third-order valence-electron chi connectivity index (χ3n) is 2.53. The first kappa shape index (κ1) is 16.2. The van der Waals surface area contributed by atoms with Gasteiger partial charge < -0.3 is 15.2 Å². The van der Waals surface area contributed by atoms with E-state index in [0.29, 0.717) is 18.7 Å². The fourth-order valence-electron chi connectivity index (χ4n) is 1.64. The molecule has 1 rings (SSSR count). The second kappa shape index (κ2) is 7.63. The normalized spacial score (nSPS) is 10.6. The average molecular weight is 276 g/mol. The van der Waals surface area contributed by atoms with Crippen LogP contribution in [-0.4, -0.2) is 41.4 Å². The maximum absolute atomic E-state index is 12.1. The number of hydrogen-bond donors (Lipinski definition) is 2. The maximum atomic E-state index is 12.1. The van der Waals surface area contributed by atoms with Crippen LogP contribution in [0.2, 0.25) is 0 Å². The van der Waals surface area contributed by atoms with Gasteiger partial charge in [-0.15, -0.1) is 0 Å². The third kappa shape index (κ3) is 5.00. The number of aliphatic hydroxyl groups excluding tert-OH is 1. The van der Waals surface area contributed by atoms with E-state index in [2.05, 4.69) is 22.1 Å². The molecule has 1 heterocycles. The lowest BCUT2D eigenvalue weighted by Gasteiger charge is -2.24. The summed E-state index contributed by atoms with van der Waals surface area (Å²) in [5.74, 6) is 4.92. The smallest absolute Gasteiger partial charge is 0.271 e. The number of ether oxygens (including phenoxy) is 1. The van der Waals surface area contributed by atoms with Crippen molar-refractivity contribution in [2.45, 2.75) is 26.4 Å². The molecule has 0 unspecified atom stereocenters. The molecule has 0 atom stereocenters. The topological polar surface area (TPSA) is 71.5 Å². The molecule has 0 radical (unpaired) electrons. The van der Waals surface area contributed by atoms with E-state index in [1.54, 1.807) is 12.1 Å². The van der Waals surface area contributed by atoms with Gasteiger partial charge in [0.25, 0.3) is 5.91 Å². The number of carbonyl (C=O) groups excluding carboxylic acids is 1. The molecule has 5 nitrogen and oxygen atoms in total. The first-order valence-corrected chi connectivity index (χ1v) is 6.47. The van der Waals surface area contributed by atoms with Crippen LogP contribution in [0.25, 0.3) is 0 Å². The number of carbonyl (C=O) groups is 1. The molecule has 1 aromatic rings. The first-order chi connectivity index (χ1) is 9.50. The van der Waals surface area contributed by atoms with Crippen LogP contribution in [0.4, 0.5) is 0 Å². The second-order valence-electron chi connectivity index (χ2n) is 4.73. The molecule has 0 spiro atoms. The minimum atomic E-state index is -0.434. The van der Waals surface area contributed by atoms with Crippen molar-refractivity contribution in [3.8, 4) is 11.8 Å². The van der Waals surface area contributed by atoms with Gasteiger partial charge >= 0.3 is 0 Å². The van der Waals surface area contributed by atoms with E-state index in [4.69, 9.17) is 9.84 Å². The van der Waals surface area contributed by atoms with Crippen LogP contribution >= 0.6 is 0 Å². The molecule has 0 aromatic carbocycles. The molecule has 108 valence electrons. The lowest BCUT2D eigenvalue weighted by atomic mass is 10.1. The summed E-state index contributed by atoms with van der Waals surface area (Å²) in [6, 6.07) is 3.39. The predicted molar refractivity (Wildman–Crippen MR) is 76.2 cm³/mol. The van der Waals surface area contributed by atoms with Gasteiger partial charge in [-0.05, 0) is 32.9 Å². The van der Waals surface area contributed by atoms with Gasteiger partial charge in [0.1, 0.15) is 12.3 Å². The second-order valence-corrected chi connectivity index (χ2v) is 4.73. The maximum Gasteiger partial charge on any atom is 0.271 e. The molecular formula is C15H20N2O3. The standard InChI is InChI=1S/C15H20N2O3/c1-4-20-15(2,3)11-17-14(19)13-12(8-6-10-18)7-5-9-16-13/h5,7,9,18H,4,10-11H2,1-3H3,(H,17,19). The summed E-state index contributed by atoms with van der Waals surface area (Å²) < 4.78 is 5.51. The minimum Gasteiger partial charge on any atom is -0.384 e. The zero-order valence-electron chi connectivity index (χ0n) is 12.1. The quantitative estimate of drug-likeness (QED) is 0.786. The molecule has 1 aromatic heterocycles. The lowest BCUT2D eigenvalue weighted by molar-refractivity contribution is -0.00818. The monoisotopic (exact) mass is 276 g/mol. The van der Waals surface area contributed by atoms with Crippen molar-refractivity contribution in [2.75, 3.05) is 19.8 Å². The van der Waals surface area contributed by atoms with Gasteiger partial charge in [-0.2, -0.15) is 0 Å². The van der Waals surface area contributed by atoms with E-state index < -0.39 is 5.60 Å². The number of nitrogens with zero attached hydrogens (tertiary/aromatic N) is 1. The Morgan fingerprint density at radius 3 is 2.95 bits per heavy atom. The Labute approximate surface area is 119 Å². The number of hydrogen-bond acceptors (Lipinski definition) is 4. The van der Waals surface area contributed by atoms with Gasteiger partial charge in [0.2, 0.25) is 0 Å². The van der Waals surface area contributed by atoms with Crippen LogP contribution in [0.15, 0.2) is 18.3 Å². The first-order valence-electron chi connectivity index (χ1n) is 6.47. The molecule has 0 fully saturated rings. The number of amides is 1. The summed E-state index contributed by atoms with van der Waals surface area (Å²) in [4.78, 5) is 16.2. The van der Waals surface area contributed by atoms with Crippen LogP contribution in [0, 0.1) is 11.8 Å². The number of aliphatic hydroxyl groups is 1. The van der Waals surface area contributed by atoms with Gasteiger partial charge in [-0.3, -0.25) is 4.79 Å². The highest BCUT2D eigenvalue weighted by Crippen LogP contribution is 2.08. The molecule has 2 N–H and O–H groups in total. The van der Waals surface area contributed by atoms with Crippen LogP contribution in [0.1, 0.15) is 36.8 Å². The van der Waals surface area contributed by atoms with Crippen molar-refractivity contribution < 1.29 is 14.6 Å². The number of nitrogens with one attached hydrogen (secondary N) is 1. The van der Waals surface area contributed by atoms with Gasteiger partial charge in [-0.1, -0.05) is 11.8 Å². The van der Waals surface area contributed by atoms with Crippen molar-refractivity contribution >= 4 is 5.91 Å². The molecule has 20 heavy (non-hydrogen) atoms. The van der Waals surface area contributed by atoms with Gasteiger partial charge in [-0.25, -0.2) is 4.98 Å². The third-order valence-corrected chi connectivity index (χ3v) is 2.53. The van der Waals surface area contributed by atoms with E-state index in [-0.39, 0.29) is 18.2 Å². The Hall–Kier alpha value is -1.90. The van der Waals surface area contributed by atoms with E-state index in [9.17, 15) is 4.79 Å². The van der Waals surface area contributed by atoms with Crippen LogP contribution < -0.4 is 5.32 Å². The summed E-state index contributed by atoms with van der Waals surface area (Å²) in [5, 5.41) is 11.5. The van der Waals surface area contributed by atoms with Crippen molar-refractivity contribution in [2.24, 2.45) is 0 Å². The van der Waals surface area contributed by atoms with Gasteiger partial charge in [0, 0.05) is 19.3 Å². The Balaban J connectivity index is 2.78. The van der Waals surface area contributed by atoms with Crippen molar-refractivity contribution in [1.29, 1.82) is 0 Å². The van der Waals surface area contributed by atoms with Crippen LogP contribution in [0.5, 0.6) is 0 Å². The Morgan fingerprint density at radius 2 is 2.30 bits per heavy atom. The summed E-state index contributed by atoms with van der Waals surface area (Å²) in [5.41, 5.74) is 0.310. The fourth-order valence-corrected chi connectivity index (χ4v) is 1.64. The Bertz CT molecular complexity index is 515. The number of aromatic nitrogens is 1. The molecule has 0 aliphatic carbocycles. The zero-order valence-corrected chi connectivity index (χ0v) is 12.1. The van der Waals surface area contributed by atoms with Crippen LogP contribution in [-0.2, 0) is 4.74 Å². The predicted octanol–water partition coefficient (Wildman–Crippen LogP) is 0.970. The van der Waals surface area contributed by atoms with Crippen molar-refractivity contribution in [3.63, 3.8) is 0 Å². The lowest BCUT2D eigenvalue weighted by Crippen LogP contribution is -2.40. The summed E-state index contributed by atoms with van der Waals surface area (Å²) in [6.45, 7) is 6.42. The summed E-state index contributed by atoms with van der Waals surface area (Å²) in [6.07, 6.45) is 1.53. The van der Waals surface area contributed by atoms with E-state index in [1.165, 1.54) is 6.20 Å². The minimum absolute atomic E-state index is 0.251. The number of rotatable bonds is 5. The molecule has 1 amide bonds. The van der Waals surface area contributed by atoms with E-state index in [1.807, 2.05) is 20.8 Å². The van der Waals surface area contributed by atoms with Crippen molar-refractivity contribution in [1.82, 2.24) is 10.3 Å². The molecular weight excluding hydrogens is 256 g/mol. The molecule has 0 aliphatic heterocycles. The summed E-state index contributed by atoms with van der Waals surface area (Å²) >= 11 is 0. The molecule has 5 heteroatoms. The molecule has 0 bridgehead atoms. The average Bonchev–Trinajstić information content (AvgIpc) is 2.43. The van der Waals surface area contributed by atoms with E-state index in [0.717, 1.165) is 0 Å². The highest BCUT2D eigenvalue weighted by Gasteiger charge is 2.20. The highest BCUT2D eigenvalue weighted by atomic mass is 16.5.